The van der Waals surface area contributed by atoms with Gasteiger partial charge in [0.05, 0.1) is 18.3 Å². The second-order valence-electron chi connectivity index (χ2n) is 12.3. The predicted octanol–water partition coefficient (Wildman–Crippen LogP) is 6.65. The molecule has 0 amide bonds. The number of aliphatic hydroxyl groups is 3. The van der Waals surface area contributed by atoms with Crippen LogP contribution < -0.4 is 0 Å². The summed E-state index contributed by atoms with van der Waals surface area (Å²) in [6.45, 7) is 11.2. The fraction of sp³-hybridized carbons (Fsp3) is 0.742. The molecule has 4 saturated carbocycles. The van der Waals surface area contributed by atoms with Crippen LogP contribution in [0, 0.1) is 28.6 Å². The lowest BCUT2D eigenvalue weighted by atomic mass is 9.61. The Labute approximate surface area is 207 Å². The van der Waals surface area contributed by atoms with Crippen molar-refractivity contribution in [1.29, 1.82) is 0 Å². The normalized spacial score (nSPS) is 39.5. The van der Waals surface area contributed by atoms with Gasteiger partial charge in [0.2, 0.25) is 0 Å². The molecule has 4 aliphatic rings. The van der Waals surface area contributed by atoms with E-state index in [9.17, 15) is 15.3 Å². The third-order valence-corrected chi connectivity index (χ3v) is 10.1. The van der Waals surface area contributed by atoms with Crippen LogP contribution in [0.25, 0.3) is 0 Å². The smallest absolute Gasteiger partial charge is 0.0811 e. The Morgan fingerprint density at radius 1 is 1.12 bits per heavy atom. The lowest BCUT2D eigenvalue weighted by Crippen LogP contribution is -2.35. The van der Waals surface area contributed by atoms with Crippen molar-refractivity contribution in [3.63, 3.8) is 0 Å². The topological polar surface area (TPSA) is 60.7 Å². The van der Waals surface area contributed by atoms with Crippen LogP contribution in [0.2, 0.25) is 0 Å². The van der Waals surface area contributed by atoms with E-state index in [1.165, 1.54) is 51.4 Å². The van der Waals surface area contributed by atoms with Gasteiger partial charge in [0.25, 0.3) is 0 Å². The number of fused-ring (bicyclic) bond motifs is 1. The minimum absolute atomic E-state index is 0.173. The minimum atomic E-state index is -0.624. The first-order valence-corrected chi connectivity index (χ1v) is 14.0. The average Bonchev–Trinajstić information content (AvgIpc) is 3.51. The minimum Gasteiger partial charge on any atom is -0.393 e. The SMILES string of the molecule is C=C1C(=CC=C2CCC[C@]3(C)[C@@H]([C@H](C)C=C[C@@H](O)C4(CCCC)CC4)CC[C@@H]23)C[C@@H](O)C[C@@H]1O. The highest BCUT2D eigenvalue weighted by Gasteiger charge is 2.51. The van der Waals surface area contributed by atoms with Gasteiger partial charge in [0.1, 0.15) is 0 Å². The van der Waals surface area contributed by atoms with Crippen LogP contribution in [-0.4, -0.2) is 33.6 Å². The molecule has 190 valence electrons. The summed E-state index contributed by atoms with van der Waals surface area (Å²) in [7, 11) is 0. The average molecular weight is 469 g/mol. The van der Waals surface area contributed by atoms with Gasteiger partial charge in [-0.1, -0.05) is 70.1 Å². The molecule has 4 fully saturated rings. The number of hydrogen-bond acceptors (Lipinski definition) is 3. The zero-order valence-corrected chi connectivity index (χ0v) is 21.8. The summed E-state index contributed by atoms with van der Waals surface area (Å²) in [5.41, 5.74) is 3.79. The molecule has 3 nitrogen and oxygen atoms in total. The van der Waals surface area contributed by atoms with Crippen molar-refractivity contribution in [3.05, 3.63) is 47.6 Å². The van der Waals surface area contributed by atoms with E-state index in [-0.39, 0.29) is 11.5 Å². The molecule has 34 heavy (non-hydrogen) atoms. The molecule has 4 rings (SSSR count). The van der Waals surface area contributed by atoms with Crippen LogP contribution in [0.1, 0.15) is 97.8 Å². The molecule has 0 unspecified atom stereocenters. The maximum absolute atomic E-state index is 10.9. The summed E-state index contributed by atoms with van der Waals surface area (Å²) in [5, 5.41) is 31.2. The molecule has 0 radical (unpaired) electrons. The van der Waals surface area contributed by atoms with Crippen molar-refractivity contribution in [2.24, 2.45) is 28.6 Å². The molecule has 3 N–H and O–H groups in total. The fourth-order valence-corrected chi connectivity index (χ4v) is 7.61. The molecule has 4 aliphatic carbocycles. The summed E-state index contributed by atoms with van der Waals surface area (Å²) in [5.74, 6) is 1.74. The van der Waals surface area contributed by atoms with E-state index < -0.39 is 12.2 Å². The van der Waals surface area contributed by atoms with Crippen LogP contribution in [-0.2, 0) is 0 Å². The first-order chi connectivity index (χ1) is 16.2. The summed E-state index contributed by atoms with van der Waals surface area (Å²) >= 11 is 0. The Hall–Kier alpha value is -1.16. The number of unbranched alkanes of at least 4 members (excludes halogenated alkanes) is 1. The number of rotatable bonds is 8. The van der Waals surface area contributed by atoms with E-state index in [2.05, 4.69) is 51.7 Å². The Morgan fingerprint density at radius 2 is 1.88 bits per heavy atom. The number of aliphatic hydroxyl groups excluding tert-OH is 3. The molecule has 0 heterocycles. The van der Waals surface area contributed by atoms with Crippen LogP contribution in [0.3, 0.4) is 0 Å². The third-order valence-electron chi connectivity index (χ3n) is 10.1. The lowest BCUT2D eigenvalue weighted by molar-refractivity contribution is 0.0862. The predicted molar refractivity (Wildman–Crippen MR) is 140 cm³/mol. The molecule has 0 aromatic carbocycles. The van der Waals surface area contributed by atoms with Crippen molar-refractivity contribution >= 4 is 0 Å². The second-order valence-corrected chi connectivity index (χ2v) is 12.3. The summed E-state index contributed by atoms with van der Waals surface area (Å²) in [4.78, 5) is 0. The Balaban J connectivity index is 1.44. The molecule has 0 aromatic rings. The molecule has 0 aliphatic heterocycles. The highest BCUT2D eigenvalue weighted by molar-refractivity contribution is 5.38. The lowest BCUT2D eigenvalue weighted by Gasteiger charge is -2.44. The van der Waals surface area contributed by atoms with Crippen LogP contribution in [0.15, 0.2) is 47.6 Å². The maximum Gasteiger partial charge on any atom is 0.0811 e. The molecular formula is C31H48O3. The van der Waals surface area contributed by atoms with Gasteiger partial charge in [0.15, 0.2) is 0 Å². The second kappa shape index (κ2) is 10.4. The molecular weight excluding hydrogens is 420 g/mol. The van der Waals surface area contributed by atoms with E-state index in [4.69, 9.17) is 0 Å². The first kappa shape index (κ1) is 25.9. The monoisotopic (exact) mass is 468 g/mol. The van der Waals surface area contributed by atoms with Gasteiger partial charge in [-0.25, -0.2) is 0 Å². The Morgan fingerprint density at radius 3 is 2.59 bits per heavy atom. The maximum atomic E-state index is 10.9. The quantitative estimate of drug-likeness (QED) is 0.349. The van der Waals surface area contributed by atoms with Crippen LogP contribution >= 0.6 is 0 Å². The zero-order valence-electron chi connectivity index (χ0n) is 21.8. The van der Waals surface area contributed by atoms with Gasteiger partial charge in [0, 0.05) is 6.42 Å². The Bertz CT molecular complexity index is 832. The van der Waals surface area contributed by atoms with Crippen LogP contribution in [0.5, 0.6) is 0 Å². The van der Waals surface area contributed by atoms with Crippen LogP contribution in [0.4, 0.5) is 0 Å². The van der Waals surface area contributed by atoms with Crippen molar-refractivity contribution < 1.29 is 15.3 Å². The first-order valence-electron chi connectivity index (χ1n) is 14.0. The van der Waals surface area contributed by atoms with Crippen molar-refractivity contribution in [1.82, 2.24) is 0 Å². The standard InChI is InChI=1S/C31H48O3/c1-5-6-16-31(17-18-31)29(34)14-9-21(2)26-12-13-27-23(8-7-15-30(26,27)4)10-11-24-19-25(32)20-28(33)22(24)3/h9-11,14,21,25-29,32-34H,3,5-8,12-13,15-20H2,1-2,4H3/t21-,25-,26-,27+,28+,29-,30-/m1/s1. The van der Waals surface area contributed by atoms with Gasteiger partial charge in [-0.3, -0.25) is 0 Å². The Kier molecular flexibility index (Phi) is 7.96. The highest BCUT2D eigenvalue weighted by atomic mass is 16.3. The van der Waals surface area contributed by atoms with Gasteiger partial charge >= 0.3 is 0 Å². The number of hydrogen-bond donors (Lipinski definition) is 3. The van der Waals surface area contributed by atoms with E-state index >= 15 is 0 Å². The van der Waals surface area contributed by atoms with E-state index in [1.807, 2.05) is 0 Å². The molecule has 7 atom stereocenters. The van der Waals surface area contributed by atoms with Gasteiger partial charge in [-0.15, -0.1) is 0 Å². The molecule has 0 bridgehead atoms. The summed E-state index contributed by atoms with van der Waals surface area (Å²) in [6.07, 6.45) is 20.6. The van der Waals surface area contributed by atoms with Crippen molar-refractivity contribution in [3.8, 4) is 0 Å². The van der Waals surface area contributed by atoms with E-state index in [1.54, 1.807) is 5.57 Å². The highest BCUT2D eigenvalue weighted by Crippen LogP contribution is 2.60. The zero-order chi connectivity index (χ0) is 24.5. The van der Waals surface area contributed by atoms with Gasteiger partial charge < -0.3 is 15.3 Å². The van der Waals surface area contributed by atoms with Crippen molar-refractivity contribution in [2.75, 3.05) is 0 Å². The van der Waals surface area contributed by atoms with Gasteiger partial charge in [-0.05, 0) is 97.5 Å². The van der Waals surface area contributed by atoms with Gasteiger partial charge in [-0.2, -0.15) is 0 Å². The van der Waals surface area contributed by atoms with E-state index in [0.717, 1.165) is 24.0 Å². The summed E-state index contributed by atoms with van der Waals surface area (Å²) < 4.78 is 0. The molecule has 0 spiro atoms. The van der Waals surface area contributed by atoms with Crippen molar-refractivity contribution in [2.45, 2.75) is 116 Å². The summed E-state index contributed by atoms with van der Waals surface area (Å²) in [6, 6.07) is 0. The molecule has 0 saturated heterocycles. The molecule has 3 heteroatoms. The molecule has 0 aromatic heterocycles. The van der Waals surface area contributed by atoms with E-state index in [0.29, 0.717) is 36.0 Å². The number of allylic oxidation sites excluding steroid dienone is 4. The fourth-order valence-electron chi connectivity index (χ4n) is 7.61. The third kappa shape index (κ3) is 5.18. The largest absolute Gasteiger partial charge is 0.393 e.